The maximum absolute atomic E-state index is 13.8. The van der Waals surface area contributed by atoms with E-state index in [4.69, 9.17) is 5.10 Å². The minimum absolute atomic E-state index is 0.0752. The summed E-state index contributed by atoms with van der Waals surface area (Å²) in [4.78, 5) is 20.4. The molecule has 1 fully saturated rings. The van der Waals surface area contributed by atoms with Crippen LogP contribution in [-0.2, 0) is 17.8 Å². The van der Waals surface area contributed by atoms with E-state index in [0.29, 0.717) is 31.5 Å². The Bertz CT molecular complexity index is 998. The number of aryl methyl sites for hydroxylation is 1. The van der Waals surface area contributed by atoms with Crippen molar-refractivity contribution in [1.82, 2.24) is 19.6 Å². The van der Waals surface area contributed by atoms with Crippen LogP contribution in [0.1, 0.15) is 73.1 Å². The summed E-state index contributed by atoms with van der Waals surface area (Å²) >= 11 is 0. The second-order valence-electron chi connectivity index (χ2n) is 12.0. The number of benzene rings is 1. The molecular formula is C29H46FN5O. The molecule has 0 saturated carbocycles. The van der Waals surface area contributed by atoms with Crippen LogP contribution in [0.15, 0.2) is 24.3 Å². The van der Waals surface area contributed by atoms with Crippen molar-refractivity contribution < 1.29 is 9.18 Å². The molecule has 6 nitrogen and oxygen atoms in total. The summed E-state index contributed by atoms with van der Waals surface area (Å²) in [6.45, 7) is 22.2. The van der Waals surface area contributed by atoms with E-state index in [1.165, 1.54) is 12.1 Å². The van der Waals surface area contributed by atoms with E-state index >= 15 is 0 Å². The van der Waals surface area contributed by atoms with Gasteiger partial charge in [0.15, 0.2) is 0 Å². The first-order valence-electron chi connectivity index (χ1n) is 13.5. The van der Waals surface area contributed by atoms with E-state index in [1.54, 1.807) is 12.1 Å². The van der Waals surface area contributed by atoms with E-state index in [2.05, 4.69) is 65.2 Å². The van der Waals surface area contributed by atoms with Gasteiger partial charge in [-0.1, -0.05) is 41.5 Å². The molecule has 0 atom stereocenters. The molecule has 7 heteroatoms. The Balaban J connectivity index is 2.06. The van der Waals surface area contributed by atoms with E-state index in [-0.39, 0.29) is 17.1 Å². The summed E-state index contributed by atoms with van der Waals surface area (Å²) in [7, 11) is 0. The monoisotopic (exact) mass is 499 g/mol. The number of anilines is 1. The summed E-state index contributed by atoms with van der Waals surface area (Å²) in [5.74, 6) is 1.33. The highest BCUT2D eigenvalue weighted by molar-refractivity contribution is 5.77. The molecule has 36 heavy (non-hydrogen) atoms. The van der Waals surface area contributed by atoms with Crippen LogP contribution < -0.4 is 4.90 Å². The van der Waals surface area contributed by atoms with Crippen molar-refractivity contribution in [3.05, 3.63) is 41.3 Å². The van der Waals surface area contributed by atoms with E-state index < -0.39 is 0 Å². The van der Waals surface area contributed by atoms with Crippen LogP contribution in [0, 0.1) is 17.2 Å². The quantitative estimate of drug-likeness (QED) is 0.455. The Labute approximate surface area is 217 Å². The first-order chi connectivity index (χ1) is 16.9. The van der Waals surface area contributed by atoms with Crippen LogP contribution in [0.25, 0.3) is 5.69 Å². The highest BCUT2D eigenvalue weighted by Crippen LogP contribution is 2.32. The van der Waals surface area contributed by atoms with Crippen LogP contribution in [-0.4, -0.2) is 64.3 Å². The van der Waals surface area contributed by atoms with Crippen molar-refractivity contribution in [2.45, 2.75) is 80.8 Å². The third kappa shape index (κ3) is 7.09. The van der Waals surface area contributed by atoms with Crippen molar-refractivity contribution >= 4 is 11.7 Å². The van der Waals surface area contributed by atoms with E-state index in [0.717, 1.165) is 55.4 Å². The summed E-state index contributed by atoms with van der Waals surface area (Å²) in [6, 6.07) is 7.06. The number of piperazine rings is 1. The molecule has 1 aromatic heterocycles. The van der Waals surface area contributed by atoms with Gasteiger partial charge in [0.25, 0.3) is 0 Å². The highest BCUT2D eigenvalue weighted by atomic mass is 19.1. The van der Waals surface area contributed by atoms with E-state index in [1.807, 2.05) is 9.58 Å². The number of carbonyl (C=O) groups is 1. The van der Waals surface area contributed by atoms with Crippen LogP contribution in [0.4, 0.5) is 10.2 Å². The van der Waals surface area contributed by atoms with Gasteiger partial charge in [0.1, 0.15) is 11.6 Å². The fraction of sp³-hybridized carbons (Fsp3) is 0.655. The largest absolute Gasteiger partial charge is 0.354 e. The van der Waals surface area contributed by atoms with Gasteiger partial charge in [0.05, 0.1) is 17.9 Å². The van der Waals surface area contributed by atoms with Crippen molar-refractivity contribution in [3.63, 3.8) is 0 Å². The third-order valence-electron chi connectivity index (χ3n) is 6.76. The van der Waals surface area contributed by atoms with Gasteiger partial charge in [0, 0.05) is 50.7 Å². The lowest BCUT2D eigenvalue weighted by molar-refractivity contribution is -0.134. The number of amides is 1. The lowest BCUT2D eigenvalue weighted by Crippen LogP contribution is -2.49. The molecule has 1 aliphatic rings. The van der Waals surface area contributed by atoms with E-state index in [9.17, 15) is 9.18 Å². The maximum atomic E-state index is 13.8. The maximum Gasteiger partial charge on any atom is 0.223 e. The lowest BCUT2D eigenvalue weighted by Gasteiger charge is -2.39. The highest BCUT2D eigenvalue weighted by Gasteiger charge is 2.30. The molecule has 3 rings (SSSR count). The Kier molecular flexibility index (Phi) is 9.20. The molecular weight excluding hydrogens is 453 g/mol. The molecule has 0 N–H and O–H groups in total. The fourth-order valence-corrected chi connectivity index (χ4v) is 4.92. The van der Waals surface area contributed by atoms with Crippen LogP contribution in [0.3, 0.4) is 0 Å². The zero-order valence-electron chi connectivity index (χ0n) is 23.6. The molecule has 0 radical (unpaired) electrons. The normalized spacial score (nSPS) is 15.2. The third-order valence-corrected chi connectivity index (χ3v) is 6.76. The predicted molar refractivity (Wildman–Crippen MR) is 146 cm³/mol. The van der Waals surface area contributed by atoms with Gasteiger partial charge < -0.3 is 9.80 Å². The smallest absolute Gasteiger partial charge is 0.223 e. The van der Waals surface area contributed by atoms with Gasteiger partial charge in [-0.15, -0.1) is 0 Å². The predicted octanol–water partition coefficient (Wildman–Crippen LogP) is 5.53. The Morgan fingerprint density at radius 1 is 1.06 bits per heavy atom. The molecule has 2 heterocycles. The first-order valence-corrected chi connectivity index (χ1v) is 13.5. The van der Waals surface area contributed by atoms with Crippen LogP contribution in [0.5, 0.6) is 0 Å². The molecule has 0 aliphatic carbocycles. The Morgan fingerprint density at radius 3 is 2.17 bits per heavy atom. The molecule has 1 saturated heterocycles. The van der Waals surface area contributed by atoms with Crippen LogP contribution >= 0.6 is 0 Å². The number of aromatic nitrogens is 2. The summed E-state index contributed by atoms with van der Waals surface area (Å²) in [5.41, 5.74) is 2.88. The number of hydrogen-bond acceptors (Lipinski definition) is 4. The van der Waals surface area contributed by atoms with Crippen molar-refractivity contribution in [2.75, 3.05) is 37.6 Å². The lowest BCUT2D eigenvalue weighted by atomic mass is 9.91. The number of nitrogens with zero attached hydrogens (tertiary/aromatic N) is 5. The molecule has 1 amide bonds. The minimum Gasteiger partial charge on any atom is -0.354 e. The zero-order valence-corrected chi connectivity index (χ0v) is 23.6. The molecule has 0 spiro atoms. The Hall–Kier alpha value is -2.41. The van der Waals surface area contributed by atoms with Gasteiger partial charge in [-0.05, 0) is 55.9 Å². The van der Waals surface area contributed by atoms with Crippen molar-refractivity contribution in [3.8, 4) is 5.69 Å². The molecule has 1 aromatic carbocycles. The molecule has 0 unspecified atom stereocenters. The fourth-order valence-electron chi connectivity index (χ4n) is 4.92. The van der Waals surface area contributed by atoms with Gasteiger partial charge in [-0.2, -0.15) is 5.10 Å². The molecule has 1 aliphatic heterocycles. The average Bonchev–Trinajstić information content (AvgIpc) is 3.16. The number of rotatable bonds is 9. The molecule has 2 aromatic rings. The number of halogens is 1. The van der Waals surface area contributed by atoms with Crippen LogP contribution in [0.2, 0.25) is 0 Å². The zero-order chi connectivity index (χ0) is 26.6. The Morgan fingerprint density at radius 2 is 1.67 bits per heavy atom. The second-order valence-corrected chi connectivity index (χ2v) is 12.0. The van der Waals surface area contributed by atoms with Crippen molar-refractivity contribution in [2.24, 2.45) is 11.3 Å². The molecule has 200 valence electrons. The van der Waals surface area contributed by atoms with Gasteiger partial charge in [-0.3, -0.25) is 9.69 Å². The number of carbonyl (C=O) groups excluding carboxylic acids is 1. The average molecular weight is 500 g/mol. The SMILES string of the molecule is CCc1nn(-c2ccc(F)cc2)c(N2CCN(C(C)C)CC2)c1CN(CC(C)C)C(=O)CC(C)(C)C. The van der Waals surface area contributed by atoms with Crippen molar-refractivity contribution in [1.29, 1.82) is 0 Å². The number of hydrogen-bond donors (Lipinski definition) is 0. The topological polar surface area (TPSA) is 44.6 Å². The summed E-state index contributed by atoms with van der Waals surface area (Å²) in [6.07, 6.45) is 1.28. The minimum atomic E-state index is -0.259. The molecule has 0 bridgehead atoms. The first kappa shape index (κ1) is 28.2. The van der Waals surface area contributed by atoms with Gasteiger partial charge in [0.2, 0.25) is 5.91 Å². The second kappa shape index (κ2) is 11.8. The van der Waals surface area contributed by atoms with Gasteiger partial charge >= 0.3 is 0 Å². The standard InChI is InChI=1S/C29H46FN5O/c1-9-26-25(20-34(19-21(2)3)27(36)18-29(6,7)8)28(33-16-14-32(15-17-33)22(4)5)35(31-26)24-12-10-23(30)11-13-24/h10-13,21-22H,9,14-20H2,1-8H3. The van der Waals surface area contributed by atoms with Gasteiger partial charge in [-0.25, -0.2) is 9.07 Å². The summed E-state index contributed by atoms with van der Waals surface area (Å²) in [5, 5.41) is 5.02. The summed E-state index contributed by atoms with van der Waals surface area (Å²) < 4.78 is 15.7.